The van der Waals surface area contributed by atoms with E-state index in [-0.39, 0.29) is 0 Å². The highest BCUT2D eigenvalue weighted by atomic mass is 79.9. The summed E-state index contributed by atoms with van der Waals surface area (Å²) in [5, 5.41) is 0. The van der Waals surface area contributed by atoms with Gasteiger partial charge in [0.1, 0.15) is 5.75 Å². The lowest BCUT2D eigenvalue weighted by molar-refractivity contribution is 0.479. The summed E-state index contributed by atoms with van der Waals surface area (Å²) < 4.78 is 7.76. The highest BCUT2D eigenvalue weighted by Gasteiger charge is 2.46. The first-order valence-corrected chi connectivity index (χ1v) is 10.1. The van der Waals surface area contributed by atoms with E-state index in [0.29, 0.717) is 16.6 Å². The first-order chi connectivity index (χ1) is 8.70. The van der Waals surface area contributed by atoms with Crippen LogP contribution in [-0.4, -0.2) is 8.32 Å². The summed E-state index contributed by atoms with van der Waals surface area (Å²) in [6.45, 7) is 16.0. The van der Waals surface area contributed by atoms with Gasteiger partial charge in [-0.1, -0.05) is 57.5 Å². The summed E-state index contributed by atoms with van der Waals surface area (Å²) in [5.41, 5.74) is 3.05. The third kappa shape index (κ3) is 3.63. The topological polar surface area (TPSA) is 9.23 Å². The molecule has 0 saturated carbocycles. The lowest BCUT2D eigenvalue weighted by atomic mass is 10.2. The quantitative estimate of drug-likeness (QED) is 0.569. The molecule has 0 heterocycles. The van der Waals surface area contributed by atoms with Gasteiger partial charge in [0.05, 0.1) is 0 Å². The summed E-state index contributed by atoms with van der Waals surface area (Å²) in [6.07, 6.45) is 0. The first-order valence-electron chi connectivity index (χ1n) is 7.16. The molecule has 0 atom stereocenters. The van der Waals surface area contributed by atoms with E-state index < -0.39 is 8.32 Å². The average Bonchev–Trinajstić information content (AvgIpc) is 2.22. The van der Waals surface area contributed by atoms with Crippen LogP contribution in [0.1, 0.15) is 47.1 Å². The Labute approximate surface area is 128 Å². The smallest absolute Gasteiger partial charge is 0.258 e. The van der Waals surface area contributed by atoms with Crippen LogP contribution in [0.5, 0.6) is 5.75 Å². The van der Waals surface area contributed by atoms with E-state index in [0.717, 1.165) is 10.2 Å². The minimum atomic E-state index is -1.84. The Morgan fingerprint density at radius 2 is 1.37 bits per heavy atom. The molecule has 0 spiro atoms. The number of aryl methyl sites for hydroxylation is 1. The van der Waals surface area contributed by atoms with Gasteiger partial charge in [0.2, 0.25) is 0 Å². The van der Waals surface area contributed by atoms with Gasteiger partial charge in [-0.2, -0.15) is 0 Å². The van der Waals surface area contributed by atoms with Gasteiger partial charge in [0, 0.05) is 4.47 Å². The third-order valence-electron chi connectivity index (χ3n) is 4.02. The monoisotopic (exact) mass is 342 g/mol. The van der Waals surface area contributed by atoms with E-state index in [9.17, 15) is 0 Å². The molecule has 0 amide bonds. The van der Waals surface area contributed by atoms with E-state index in [1.54, 1.807) is 0 Å². The molecule has 0 aliphatic rings. The highest BCUT2D eigenvalue weighted by molar-refractivity contribution is 9.10. The van der Waals surface area contributed by atoms with Gasteiger partial charge < -0.3 is 4.43 Å². The molecule has 1 nitrogen and oxygen atoms in total. The van der Waals surface area contributed by atoms with Crippen LogP contribution in [0.2, 0.25) is 16.6 Å². The molecule has 0 aromatic heterocycles. The molecule has 1 rings (SSSR count). The second-order valence-electron chi connectivity index (χ2n) is 6.38. The zero-order valence-electron chi connectivity index (χ0n) is 13.3. The molecule has 3 heteroatoms. The molecule has 1 aromatic carbocycles. The first kappa shape index (κ1) is 16.8. The lowest BCUT2D eigenvalue weighted by Crippen LogP contribution is -2.50. The molecule has 0 aliphatic carbocycles. The van der Waals surface area contributed by atoms with Crippen LogP contribution in [0.25, 0.3) is 0 Å². The van der Waals surface area contributed by atoms with Crippen LogP contribution in [0.4, 0.5) is 0 Å². The van der Waals surface area contributed by atoms with E-state index in [4.69, 9.17) is 4.43 Å². The SMILES string of the molecule is Cc1cc(Br)cc(O[Si](C(C)C)(C(C)C)C(C)C)c1. The molecule has 1 aromatic rings. The van der Waals surface area contributed by atoms with Crippen molar-refractivity contribution in [3.8, 4) is 5.75 Å². The summed E-state index contributed by atoms with van der Waals surface area (Å²) in [4.78, 5) is 0. The van der Waals surface area contributed by atoms with Gasteiger partial charge in [-0.15, -0.1) is 0 Å². The van der Waals surface area contributed by atoms with E-state index in [2.05, 4.69) is 82.6 Å². The van der Waals surface area contributed by atoms with Crippen LogP contribution in [0.3, 0.4) is 0 Å². The van der Waals surface area contributed by atoms with Crippen molar-refractivity contribution in [2.45, 2.75) is 65.1 Å². The molecule has 0 bridgehead atoms. The van der Waals surface area contributed by atoms with Crippen molar-refractivity contribution in [2.24, 2.45) is 0 Å². The maximum Gasteiger partial charge on any atom is 0.258 e. The van der Waals surface area contributed by atoms with Gasteiger partial charge in [-0.25, -0.2) is 0 Å². The predicted molar refractivity (Wildman–Crippen MR) is 90.6 cm³/mol. The molecule has 19 heavy (non-hydrogen) atoms. The summed E-state index contributed by atoms with van der Waals surface area (Å²) in [7, 11) is -1.84. The second kappa shape index (κ2) is 6.44. The Balaban J connectivity index is 3.20. The molecule has 0 saturated heterocycles. The maximum atomic E-state index is 6.66. The lowest BCUT2D eigenvalue weighted by Gasteiger charge is -2.42. The van der Waals surface area contributed by atoms with Crippen LogP contribution in [-0.2, 0) is 0 Å². The Bertz CT molecular complexity index is 385. The molecule has 0 radical (unpaired) electrons. The predicted octanol–water partition coefficient (Wildman–Crippen LogP) is 6.31. The largest absolute Gasteiger partial charge is 0.543 e. The van der Waals surface area contributed by atoms with Gasteiger partial charge >= 0.3 is 0 Å². The number of hydrogen-bond donors (Lipinski definition) is 0. The minimum Gasteiger partial charge on any atom is -0.543 e. The second-order valence-corrected chi connectivity index (χ2v) is 12.7. The van der Waals surface area contributed by atoms with Gasteiger partial charge in [0.25, 0.3) is 8.32 Å². The number of hydrogen-bond acceptors (Lipinski definition) is 1. The van der Waals surface area contributed by atoms with Crippen LogP contribution < -0.4 is 4.43 Å². The van der Waals surface area contributed by atoms with Crippen molar-refractivity contribution in [2.75, 3.05) is 0 Å². The third-order valence-corrected chi connectivity index (χ3v) is 10.5. The molecule has 0 unspecified atom stereocenters. The summed E-state index contributed by atoms with van der Waals surface area (Å²) in [6, 6.07) is 6.37. The fraction of sp³-hybridized carbons (Fsp3) is 0.625. The van der Waals surface area contributed by atoms with Crippen molar-refractivity contribution in [1.29, 1.82) is 0 Å². The minimum absolute atomic E-state index is 0.604. The van der Waals surface area contributed by atoms with Gasteiger partial charge in [-0.05, 0) is 47.3 Å². The summed E-state index contributed by atoms with van der Waals surface area (Å²) in [5.74, 6) is 1.02. The summed E-state index contributed by atoms with van der Waals surface area (Å²) >= 11 is 3.57. The molecular weight excluding hydrogens is 316 g/mol. The Morgan fingerprint density at radius 3 is 1.74 bits per heavy atom. The highest BCUT2D eigenvalue weighted by Crippen LogP contribution is 2.43. The zero-order valence-corrected chi connectivity index (χ0v) is 15.8. The standard InChI is InChI=1S/C16H27BrOSi/c1-11(2)19(12(3)4,13(5)6)18-16-9-14(7)8-15(17)10-16/h8-13H,1-7H3. The van der Waals surface area contributed by atoms with Crippen LogP contribution in [0, 0.1) is 6.92 Å². The molecule has 0 fully saturated rings. The van der Waals surface area contributed by atoms with Crippen molar-refractivity contribution in [3.05, 3.63) is 28.2 Å². The van der Waals surface area contributed by atoms with E-state index >= 15 is 0 Å². The van der Waals surface area contributed by atoms with E-state index in [1.165, 1.54) is 5.56 Å². The van der Waals surface area contributed by atoms with Crippen molar-refractivity contribution in [1.82, 2.24) is 0 Å². The van der Waals surface area contributed by atoms with Crippen LogP contribution in [0.15, 0.2) is 22.7 Å². The van der Waals surface area contributed by atoms with Gasteiger partial charge in [0.15, 0.2) is 0 Å². The Kier molecular flexibility index (Phi) is 5.69. The molecule has 108 valence electrons. The Morgan fingerprint density at radius 1 is 0.895 bits per heavy atom. The average molecular weight is 343 g/mol. The fourth-order valence-electron chi connectivity index (χ4n) is 3.32. The number of rotatable bonds is 5. The van der Waals surface area contributed by atoms with Crippen molar-refractivity contribution in [3.63, 3.8) is 0 Å². The molecule has 0 aliphatic heterocycles. The zero-order chi connectivity index (χ0) is 14.8. The van der Waals surface area contributed by atoms with Gasteiger partial charge in [-0.3, -0.25) is 0 Å². The number of benzene rings is 1. The molecular formula is C16H27BrOSi. The number of halogens is 1. The maximum absolute atomic E-state index is 6.66. The van der Waals surface area contributed by atoms with Crippen LogP contribution >= 0.6 is 15.9 Å². The normalized spacial score (nSPS) is 12.6. The van der Waals surface area contributed by atoms with Crippen molar-refractivity contribution < 1.29 is 4.43 Å². The Hall–Kier alpha value is -0.283. The molecule has 0 N–H and O–H groups in total. The van der Waals surface area contributed by atoms with E-state index in [1.807, 2.05) is 0 Å². The fourth-order valence-corrected chi connectivity index (χ4v) is 9.14. The van der Waals surface area contributed by atoms with Crippen molar-refractivity contribution >= 4 is 24.2 Å².